The van der Waals surface area contributed by atoms with Crippen molar-refractivity contribution in [2.24, 2.45) is 0 Å². The van der Waals surface area contributed by atoms with Crippen LogP contribution in [0.25, 0.3) is 0 Å². The van der Waals surface area contributed by atoms with Gasteiger partial charge >= 0.3 is 0 Å². The molecular weight excluding hydrogens is 228 g/mol. The van der Waals surface area contributed by atoms with Gasteiger partial charge in [0.1, 0.15) is 5.75 Å². The summed E-state index contributed by atoms with van der Waals surface area (Å²) in [4.78, 5) is 11.5. The zero-order valence-electron chi connectivity index (χ0n) is 11.3. The molecule has 0 heterocycles. The van der Waals surface area contributed by atoms with Crippen LogP contribution in [0.3, 0.4) is 0 Å². The molecule has 0 spiro atoms. The van der Waals surface area contributed by atoms with Gasteiger partial charge in [0, 0.05) is 12.6 Å². The highest BCUT2D eigenvalue weighted by molar-refractivity contribution is 5.78. The molecule has 4 heteroatoms. The third kappa shape index (κ3) is 5.68. The fraction of sp³-hybridized carbons (Fsp3) is 0.500. The van der Waals surface area contributed by atoms with Gasteiger partial charge in [0.15, 0.2) is 0 Å². The molecule has 0 fully saturated rings. The molecule has 1 rings (SSSR count). The summed E-state index contributed by atoms with van der Waals surface area (Å²) in [5.74, 6) is 0.843. The molecular formula is C14H22N2O2. The van der Waals surface area contributed by atoms with Gasteiger partial charge in [-0.25, -0.2) is 0 Å². The van der Waals surface area contributed by atoms with E-state index in [4.69, 9.17) is 4.74 Å². The predicted molar refractivity (Wildman–Crippen MR) is 72.6 cm³/mol. The normalized spacial score (nSPS) is 10.4. The van der Waals surface area contributed by atoms with Crippen molar-refractivity contribution in [2.75, 3.05) is 13.2 Å². The van der Waals surface area contributed by atoms with Crippen LogP contribution in [0.4, 0.5) is 0 Å². The highest BCUT2D eigenvalue weighted by Gasteiger charge is 2.02. The molecule has 2 N–H and O–H groups in total. The molecule has 4 nitrogen and oxygen atoms in total. The van der Waals surface area contributed by atoms with Gasteiger partial charge in [-0.1, -0.05) is 26.0 Å². The largest absolute Gasteiger partial charge is 0.494 e. The van der Waals surface area contributed by atoms with E-state index in [0.717, 1.165) is 11.3 Å². The lowest BCUT2D eigenvalue weighted by Gasteiger charge is -2.10. The van der Waals surface area contributed by atoms with Crippen molar-refractivity contribution < 1.29 is 9.53 Å². The lowest BCUT2D eigenvalue weighted by atomic mass is 10.2. The number of nitrogens with one attached hydrogen (secondary N) is 2. The van der Waals surface area contributed by atoms with E-state index in [1.165, 1.54) is 0 Å². The van der Waals surface area contributed by atoms with E-state index in [1.54, 1.807) is 0 Å². The molecule has 18 heavy (non-hydrogen) atoms. The Morgan fingerprint density at radius 1 is 1.39 bits per heavy atom. The smallest absolute Gasteiger partial charge is 0.234 e. The second kappa shape index (κ2) is 7.71. The van der Waals surface area contributed by atoms with E-state index >= 15 is 0 Å². The Kier molecular flexibility index (Phi) is 6.22. The molecule has 0 radical (unpaired) electrons. The first kappa shape index (κ1) is 14.5. The van der Waals surface area contributed by atoms with Gasteiger partial charge in [0.05, 0.1) is 13.2 Å². The Hall–Kier alpha value is -1.55. The third-order valence-corrected chi connectivity index (χ3v) is 2.37. The Balaban J connectivity index is 2.38. The number of amides is 1. The monoisotopic (exact) mass is 250 g/mol. The highest BCUT2D eigenvalue weighted by Crippen LogP contribution is 2.12. The minimum atomic E-state index is 0.00510. The lowest BCUT2D eigenvalue weighted by Crippen LogP contribution is -2.36. The zero-order chi connectivity index (χ0) is 13.4. The summed E-state index contributed by atoms with van der Waals surface area (Å²) in [5.41, 5.74) is 1.04. The summed E-state index contributed by atoms with van der Waals surface area (Å²) in [6, 6.07) is 8.07. The van der Waals surface area contributed by atoms with E-state index in [2.05, 4.69) is 10.6 Å². The Morgan fingerprint density at radius 3 is 2.83 bits per heavy atom. The van der Waals surface area contributed by atoms with Crippen molar-refractivity contribution in [3.8, 4) is 5.75 Å². The Bertz CT molecular complexity index is 378. The van der Waals surface area contributed by atoms with Crippen LogP contribution in [-0.4, -0.2) is 25.1 Å². The van der Waals surface area contributed by atoms with Crippen molar-refractivity contribution in [3.63, 3.8) is 0 Å². The summed E-state index contributed by atoms with van der Waals surface area (Å²) >= 11 is 0. The number of rotatable bonds is 7. The van der Waals surface area contributed by atoms with Crippen molar-refractivity contribution in [2.45, 2.75) is 33.4 Å². The van der Waals surface area contributed by atoms with Crippen molar-refractivity contribution >= 4 is 5.91 Å². The first-order valence-electron chi connectivity index (χ1n) is 6.33. The summed E-state index contributed by atoms with van der Waals surface area (Å²) in [6.45, 7) is 7.50. The molecule has 0 aliphatic carbocycles. The first-order valence-corrected chi connectivity index (χ1v) is 6.33. The van der Waals surface area contributed by atoms with Crippen LogP contribution in [0.2, 0.25) is 0 Å². The number of benzene rings is 1. The van der Waals surface area contributed by atoms with Crippen LogP contribution in [0.5, 0.6) is 5.75 Å². The topological polar surface area (TPSA) is 50.4 Å². The molecule has 0 bridgehead atoms. The van der Waals surface area contributed by atoms with E-state index in [0.29, 0.717) is 25.7 Å². The number of carbonyl (C=O) groups excluding carboxylic acids is 1. The maximum absolute atomic E-state index is 11.5. The van der Waals surface area contributed by atoms with Gasteiger partial charge in [-0.15, -0.1) is 0 Å². The van der Waals surface area contributed by atoms with Gasteiger partial charge in [0.25, 0.3) is 0 Å². The first-order chi connectivity index (χ1) is 8.61. The minimum Gasteiger partial charge on any atom is -0.494 e. The summed E-state index contributed by atoms with van der Waals surface area (Å²) in [7, 11) is 0. The van der Waals surface area contributed by atoms with Crippen molar-refractivity contribution in [1.29, 1.82) is 0 Å². The van der Waals surface area contributed by atoms with Crippen LogP contribution in [0.15, 0.2) is 24.3 Å². The molecule has 0 aliphatic rings. The van der Waals surface area contributed by atoms with Gasteiger partial charge in [-0.2, -0.15) is 0 Å². The second-order valence-electron chi connectivity index (χ2n) is 4.39. The van der Waals surface area contributed by atoms with Crippen LogP contribution >= 0.6 is 0 Å². The average Bonchev–Trinajstić information content (AvgIpc) is 2.35. The van der Waals surface area contributed by atoms with Gasteiger partial charge in [0.2, 0.25) is 5.91 Å². The highest BCUT2D eigenvalue weighted by atomic mass is 16.5. The molecule has 0 saturated carbocycles. The Morgan fingerprint density at radius 2 is 2.17 bits per heavy atom. The van der Waals surface area contributed by atoms with Gasteiger partial charge < -0.3 is 15.4 Å². The number of hydrogen-bond donors (Lipinski definition) is 2. The molecule has 100 valence electrons. The number of carbonyl (C=O) groups is 1. The molecule has 0 aliphatic heterocycles. The maximum atomic E-state index is 11.5. The summed E-state index contributed by atoms with van der Waals surface area (Å²) in [5, 5.41) is 5.94. The van der Waals surface area contributed by atoms with Crippen LogP contribution < -0.4 is 15.4 Å². The molecule has 1 amide bonds. The standard InChI is InChI=1S/C14H22N2O2/c1-4-18-13-7-5-6-12(8-13)9-16-14(17)10-15-11(2)3/h5-8,11,15H,4,9-10H2,1-3H3,(H,16,17). The fourth-order valence-electron chi connectivity index (χ4n) is 1.47. The molecule has 0 unspecified atom stereocenters. The fourth-order valence-corrected chi connectivity index (χ4v) is 1.47. The number of hydrogen-bond acceptors (Lipinski definition) is 3. The molecule has 0 saturated heterocycles. The van der Waals surface area contributed by atoms with Crippen LogP contribution in [-0.2, 0) is 11.3 Å². The molecule has 0 atom stereocenters. The van der Waals surface area contributed by atoms with Gasteiger partial charge in [-0.3, -0.25) is 4.79 Å². The third-order valence-electron chi connectivity index (χ3n) is 2.37. The zero-order valence-corrected chi connectivity index (χ0v) is 11.3. The SMILES string of the molecule is CCOc1cccc(CNC(=O)CNC(C)C)c1. The predicted octanol–water partition coefficient (Wildman–Crippen LogP) is 1.70. The average molecular weight is 250 g/mol. The van der Waals surface area contributed by atoms with E-state index in [-0.39, 0.29) is 5.91 Å². The number of ether oxygens (including phenoxy) is 1. The quantitative estimate of drug-likeness (QED) is 0.774. The van der Waals surface area contributed by atoms with Crippen LogP contribution in [0, 0.1) is 0 Å². The van der Waals surface area contributed by atoms with E-state index in [1.807, 2.05) is 45.0 Å². The summed E-state index contributed by atoms with van der Waals surface area (Å²) in [6.07, 6.45) is 0. The van der Waals surface area contributed by atoms with Crippen molar-refractivity contribution in [3.05, 3.63) is 29.8 Å². The maximum Gasteiger partial charge on any atom is 0.234 e. The minimum absolute atomic E-state index is 0.00510. The summed E-state index contributed by atoms with van der Waals surface area (Å²) < 4.78 is 5.41. The van der Waals surface area contributed by atoms with Crippen LogP contribution in [0.1, 0.15) is 26.3 Å². The molecule has 1 aromatic carbocycles. The lowest BCUT2D eigenvalue weighted by molar-refractivity contribution is -0.120. The molecule has 0 aromatic heterocycles. The Labute approximate surface area is 109 Å². The van der Waals surface area contributed by atoms with Gasteiger partial charge in [-0.05, 0) is 24.6 Å². The second-order valence-corrected chi connectivity index (χ2v) is 4.39. The van der Waals surface area contributed by atoms with E-state index < -0.39 is 0 Å². The van der Waals surface area contributed by atoms with Crippen molar-refractivity contribution in [1.82, 2.24) is 10.6 Å². The van der Waals surface area contributed by atoms with E-state index in [9.17, 15) is 4.79 Å². The molecule has 1 aromatic rings.